The van der Waals surface area contributed by atoms with Crippen molar-refractivity contribution in [3.05, 3.63) is 82.9 Å². The number of nitrogens with zero attached hydrogens (tertiary/aromatic N) is 3. The largest absolute Gasteiger partial charge is 0.454 e. The second kappa shape index (κ2) is 9.11. The Labute approximate surface area is 187 Å². The SMILES string of the molecule is CC(=O)N(c1nc(COC(=O)c2nc(-c3ccccc3)oc2C)cs1)c1ccccc1F. The van der Waals surface area contributed by atoms with E-state index in [2.05, 4.69) is 9.97 Å². The van der Waals surface area contributed by atoms with Crippen LogP contribution in [0.2, 0.25) is 0 Å². The van der Waals surface area contributed by atoms with E-state index in [0.29, 0.717) is 17.3 Å². The van der Waals surface area contributed by atoms with Gasteiger partial charge in [0.15, 0.2) is 10.8 Å². The van der Waals surface area contributed by atoms with Crippen LogP contribution in [-0.4, -0.2) is 21.8 Å². The van der Waals surface area contributed by atoms with Crippen LogP contribution in [0.4, 0.5) is 15.2 Å². The quantitative estimate of drug-likeness (QED) is 0.371. The van der Waals surface area contributed by atoms with Crippen molar-refractivity contribution in [2.45, 2.75) is 20.5 Å². The number of esters is 1. The topological polar surface area (TPSA) is 85.5 Å². The first kappa shape index (κ1) is 21.4. The molecule has 1 amide bonds. The zero-order chi connectivity index (χ0) is 22.7. The van der Waals surface area contributed by atoms with Crippen molar-refractivity contribution in [1.82, 2.24) is 9.97 Å². The molecule has 0 radical (unpaired) electrons. The van der Waals surface area contributed by atoms with E-state index in [1.54, 1.807) is 24.4 Å². The Balaban J connectivity index is 1.48. The van der Waals surface area contributed by atoms with E-state index in [9.17, 15) is 14.0 Å². The Morgan fingerprint density at radius 3 is 2.53 bits per heavy atom. The van der Waals surface area contributed by atoms with Crippen LogP contribution in [0.1, 0.15) is 28.9 Å². The number of ether oxygens (including phenoxy) is 1. The first-order valence-corrected chi connectivity index (χ1v) is 10.5. The van der Waals surface area contributed by atoms with Gasteiger partial charge >= 0.3 is 5.97 Å². The minimum atomic E-state index is -0.652. The van der Waals surface area contributed by atoms with E-state index in [-0.39, 0.29) is 29.0 Å². The lowest BCUT2D eigenvalue weighted by Crippen LogP contribution is -2.23. The van der Waals surface area contributed by atoms with E-state index >= 15 is 0 Å². The van der Waals surface area contributed by atoms with Crippen LogP contribution in [0.15, 0.2) is 64.4 Å². The number of aromatic nitrogens is 2. The Hall–Kier alpha value is -3.85. The molecule has 9 heteroatoms. The molecule has 4 aromatic rings. The van der Waals surface area contributed by atoms with Crippen LogP contribution in [0.5, 0.6) is 0 Å². The molecule has 2 aromatic carbocycles. The lowest BCUT2D eigenvalue weighted by Gasteiger charge is -2.18. The number of oxazole rings is 1. The maximum Gasteiger partial charge on any atom is 0.361 e. The number of para-hydroxylation sites is 1. The predicted molar refractivity (Wildman–Crippen MR) is 117 cm³/mol. The summed E-state index contributed by atoms with van der Waals surface area (Å²) in [4.78, 5) is 34.4. The van der Waals surface area contributed by atoms with E-state index in [1.807, 2.05) is 30.3 Å². The number of hydrogen-bond acceptors (Lipinski definition) is 7. The van der Waals surface area contributed by atoms with E-state index in [1.165, 1.54) is 24.0 Å². The summed E-state index contributed by atoms with van der Waals surface area (Å²) < 4.78 is 25.1. The standard InChI is InChI=1S/C23H18FN3O4S/c1-14-20(26-21(31-14)16-8-4-3-5-9-16)22(29)30-12-17-13-32-23(25-17)27(15(2)28)19-11-7-6-10-18(19)24/h3-11,13H,12H2,1-2H3. The zero-order valence-electron chi connectivity index (χ0n) is 17.2. The molecule has 0 fully saturated rings. The van der Waals surface area contributed by atoms with Crippen molar-refractivity contribution in [3.63, 3.8) is 0 Å². The van der Waals surface area contributed by atoms with Gasteiger partial charge in [-0.15, -0.1) is 11.3 Å². The summed E-state index contributed by atoms with van der Waals surface area (Å²) in [6.07, 6.45) is 0. The third kappa shape index (κ3) is 4.42. The van der Waals surface area contributed by atoms with Gasteiger partial charge in [0, 0.05) is 17.9 Å². The number of aryl methyl sites for hydroxylation is 1. The van der Waals surface area contributed by atoms with Crippen molar-refractivity contribution in [3.8, 4) is 11.5 Å². The third-order valence-corrected chi connectivity index (χ3v) is 5.38. The van der Waals surface area contributed by atoms with Crippen molar-refractivity contribution in [1.29, 1.82) is 0 Å². The molecule has 0 aliphatic carbocycles. The number of halogens is 1. The number of hydrogen-bond donors (Lipinski definition) is 0. The summed E-state index contributed by atoms with van der Waals surface area (Å²) in [7, 11) is 0. The second-order valence-electron chi connectivity index (χ2n) is 6.79. The van der Waals surface area contributed by atoms with Crippen molar-refractivity contribution in [2.24, 2.45) is 0 Å². The molecule has 0 N–H and O–H groups in total. The maximum atomic E-state index is 14.2. The van der Waals surface area contributed by atoms with E-state index in [0.717, 1.165) is 16.9 Å². The van der Waals surface area contributed by atoms with Gasteiger partial charge in [0.25, 0.3) is 0 Å². The Morgan fingerprint density at radius 2 is 1.81 bits per heavy atom. The van der Waals surface area contributed by atoms with Crippen LogP contribution < -0.4 is 4.90 Å². The number of rotatable bonds is 6. The number of anilines is 2. The van der Waals surface area contributed by atoms with Gasteiger partial charge in [-0.25, -0.2) is 19.2 Å². The van der Waals surface area contributed by atoms with Gasteiger partial charge < -0.3 is 9.15 Å². The molecule has 0 aliphatic rings. The van der Waals surface area contributed by atoms with Crippen LogP contribution in [0.25, 0.3) is 11.5 Å². The second-order valence-corrected chi connectivity index (χ2v) is 7.63. The molecule has 0 saturated heterocycles. The normalized spacial score (nSPS) is 10.7. The smallest absolute Gasteiger partial charge is 0.361 e. The molecule has 0 spiro atoms. The van der Waals surface area contributed by atoms with Crippen molar-refractivity contribution >= 4 is 34.0 Å². The van der Waals surface area contributed by atoms with Gasteiger partial charge in [0.2, 0.25) is 11.8 Å². The Bertz CT molecular complexity index is 1270. The van der Waals surface area contributed by atoms with Crippen LogP contribution >= 0.6 is 11.3 Å². The minimum Gasteiger partial charge on any atom is -0.454 e. The highest BCUT2D eigenvalue weighted by Gasteiger charge is 2.22. The summed E-state index contributed by atoms with van der Waals surface area (Å²) in [5.41, 5.74) is 1.35. The molecule has 0 saturated carbocycles. The molecule has 0 bridgehead atoms. The van der Waals surface area contributed by atoms with Crippen molar-refractivity contribution < 1.29 is 23.1 Å². The van der Waals surface area contributed by atoms with Crippen LogP contribution in [0.3, 0.4) is 0 Å². The molecule has 4 rings (SSSR count). The predicted octanol–water partition coefficient (Wildman–Crippen LogP) is 5.29. The summed E-state index contributed by atoms with van der Waals surface area (Å²) in [6.45, 7) is 2.83. The molecule has 162 valence electrons. The fourth-order valence-corrected chi connectivity index (χ4v) is 3.87. The molecule has 0 atom stereocenters. The van der Waals surface area contributed by atoms with Gasteiger partial charge in [0.1, 0.15) is 18.2 Å². The summed E-state index contributed by atoms with van der Waals surface area (Å²) in [6, 6.07) is 15.2. The van der Waals surface area contributed by atoms with Gasteiger partial charge in [-0.1, -0.05) is 30.3 Å². The van der Waals surface area contributed by atoms with Crippen molar-refractivity contribution in [2.75, 3.05) is 4.90 Å². The Kier molecular flexibility index (Phi) is 6.09. The number of benzene rings is 2. The minimum absolute atomic E-state index is 0.0797. The molecular formula is C23H18FN3O4S. The zero-order valence-corrected chi connectivity index (χ0v) is 18.1. The average Bonchev–Trinajstić information content (AvgIpc) is 3.41. The molecule has 2 heterocycles. The first-order valence-electron chi connectivity index (χ1n) is 9.63. The van der Waals surface area contributed by atoms with Crippen LogP contribution in [-0.2, 0) is 16.1 Å². The van der Waals surface area contributed by atoms with Gasteiger partial charge in [-0.3, -0.25) is 9.69 Å². The summed E-state index contributed by atoms with van der Waals surface area (Å²) in [5.74, 6) is -0.912. The van der Waals surface area contributed by atoms with Gasteiger partial charge in [0.05, 0.1) is 11.4 Å². The molecule has 32 heavy (non-hydrogen) atoms. The first-order chi connectivity index (χ1) is 15.4. The average molecular weight is 451 g/mol. The number of thiazole rings is 1. The summed E-state index contributed by atoms with van der Waals surface area (Å²) >= 11 is 1.14. The molecular weight excluding hydrogens is 433 g/mol. The van der Waals surface area contributed by atoms with Crippen LogP contribution in [0, 0.1) is 12.7 Å². The Morgan fingerprint density at radius 1 is 1.09 bits per heavy atom. The van der Waals surface area contributed by atoms with Gasteiger partial charge in [-0.2, -0.15) is 0 Å². The molecule has 2 aromatic heterocycles. The van der Waals surface area contributed by atoms with E-state index in [4.69, 9.17) is 9.15 Å². The van der Waals surface area contributed by atoms with Gasteiger partial charge in [-0.05, 0) is 31.2 Å². The fourth-order valence-electron chi connectivity index (χ4n) is 3.00. The monoisotopic (exact) mass is 451 g/mol. The highest BCUT2D eigenvalue weighted by Crippen LogP contribution is 2.31. The molecule has 0 unspecified atom stereocenters. The van der Waals surface area contributed by atoms with E-state index < -0.39 is 11.8 Å². The molecule has 0 aliphatic heterocycles. The third-order valence-electron chi connectivity index (χ3n) is 4.50. The highest BCUT2D eigenvalue weighted by molar-refractivity contribution is 7.14. The lowest BCUT2D eigenvalue weighted by atomic mass is 10.2. The number of carbonyl (C=O) groups excluding carboxylic acids is 2. The number of carbonyl (C=O) groups is 2. The fraction of sp³-hybridized carbons (Fsp3) is 0.130. The molecule has 7 nitrogen and oxygen atoms in total. The summed E-state index contributed by atoms with van der Waals surface area (Å²) in [5, 5.41) is 1.92. The maximum absolute atomic E-state index is 14.2. The highest BCUT2D eigenvalue weighted by atomic mass is 32.1. The number of amides is 1. The lowest BCUT2D eigenvalue weighted by molar-refractivity contribution is -0.115.